The van der Waals surface area contributed by atoms with Gasteiger partial charge in [-0.3, -0.25) is 27.9 Å². The highest BCUT2D eigenvalue weighted by Gasteiger charge is 2.52. The number of imidazole rings is 1. The van der Waals surface area contributed by atoms with Crippen LogP contribution in [0.2, 0.25) is 0 Å². The third-order valence-corrected chi connectivity index (χ3v) is 10.3. The second kappa shape index (κ2) is 11.4. The number of nitrogens with zero attached hydrogens (tertiary/aromatic N) is 5. The number of rotatable bonds is 3. The summed E-state index contributed by atoms with van der Waals surface area (Å²) in [7, 11) is 0. The van der Waals surface area contributed by atoms with Crippen LogP contribution in [0.15, 0.2) is 29.7 Å². The van der Waals surface area contributed by atoms with Crippen molar-refractivity contribution in [1.29, 1.82) is 0 Å². The number of fused-ring (bicyclic) bond motifs is 4. The Morgan fingerprint density at radius 3 is 2.64 bits per heavy atom. The zero-order chi connectivity index (χ0) is 29.8. The van der Waals surface area contributed by atoms with Crippen molar-refractivity contribution in [2.45, 2.75) is 49.3 Å². The quantitative estimate of drug-likeness (QED) is 0.172. The Morgan fingerprint density at radius 1 is 1.17 bits per heavy atom. The fourth-order valence-electron chi connectivity index (χ4n) is 5.14. The van der Waals surface area contributed by atoms with Gasteiger partial charge in [0.25, 0.3) is 5.56 Å². The molecule has 0 radical (unpaired) electrons. The first-order valence-corrected chi connectivity index (χ1v) is 17.8. The molecule has 3 aromatic heterocycles. The van der Waals surface area contributed by atoms with Gasteiger partial charge in [-0.2, -0.15) is 4.98 Å². The number of anilines is 2. The van der Waals surface area contributed by atoms with Crippen molar-refractivity contribution in [3.63, 3.8) is 0 Å². The van der Waals surface area contributed by atoms with Crippen molar-refractivity contribution in [2.75, 3.05) is 24.3 Å². The molecule has 2 aliphatic heterocycles. The molecule has 6 rings (SSSR count). The molecule has 0 unspecified atom stereocenters. The number of ether oxygens (including phenoxy) is 1. The second-order valence-corrected chi connectivity index (χ2v) is 15.5. The van der Waals surface area contributed by atoms with Crippen molar-refractivity contribution >= 4 is 61.0 Å². The van der Waals surface area contributed by atoms with Crippen molar-refractivity contribution in [2.24, 2.45) is 5.92 Å². The van der Waals surface area contributed by atoms with Crippen LogP contribution in [0.3, 0.4) is 0 Å². The molecule has 0 amide bonds. The molecule has 5 heterocycles. The van der Waals surface area contributed by atoms with E-state index in [0.29, 0.717) is 5.82 Å². The highest BCUT2D eigenvalue weighted by Crippen LogP contribution is 2.60. The van der Waals surface area contributed by atoms with Crippen LogP contribution in [0.25, 0.3) is 11.2 Å². The number of hydrogen-bond acceptors (Lipinski definition) is 15. The maximum absolute atomic E-state index is 15.6. The van der Waals surface area contributed by atoms with E-state index in [4.69, 9.17) is 28.6 Å². The second-order valence-electron chi connectivity index (χ2n) is 9.79. The van der Waals surface area contributed by atoms with Crippen LogP contribution in [-0.2, 0) is 32.0 Å². The molecule has 17 nitrogen and oxygen atoms in total. The van der Waals surface area contributed by atoms with E-state index < -0.39 is 81.1 Å². The van der Waals surface area contributed by atoms with Gasteiger partial charge in [0.15, 0.2) is 17.4 Å². The van der Waals surface area contributed by atoms with E-state index in [1.54, 1.807) is 6.07 Å². The number of aromatic nitrogens is 6. The molecule has 228 valence electrons. The van der Waals surface area contributed by atoms with E-state index in [0.717, 1.165) is 0 Å². The lowest BCUT2D eigenvalue weighted by molar-refractivity contribution is -0.0498. The summed E-state index contributed by atoms with van der Waals surface area (Å²) in [5.74, 6) is -0.674. The van der Waals surface area contributed by atoms with Crippen molar-refractivity contribution in [1.82, 2.24) is 29.5 Å². The summed E-state index contributed by atoms with van der Waals surface area (Å²) in [4.78, 5) is 30.5. The first-order chi connectivity index (χ1) is 19.9. The van der Waals surface area contributed by atoms with E-state index in [9.17, 15) is 19.0 Å². The van der Waals surface area contributed by atoms with E-state index in [1.807, 2.05) is 0 Å². The molecule has 22 heteroatoms. The van der Waals surface area contributed by atoms with Crippen LogP contribution in [-0.4, -0.2) is 84.4 Å². The monoisotopic (exact) mass is 666 g/mol. The standard InChI is InChI=1S/C20H25FN8O9P2S2/c21-12-9(26-11-1-2-23-6-24-11)3-8-4-34-39(32,41)38-16-14(30)10(5-35-40(33,42)37-15(8)12)36-19(16)29-7-25-13-17(29)27-20(22)28-18(13)31/h1-2,6-10,12,14-16,19,30H,3-5H2,(H,32,41)(H,33,42)(H,23,24,26)(H3,22,27,28,31)/t8-,9-,10-,12-,14-,15-,16-,19-,39-,40+/m1/s1. The average Bonchev–Trinajstić information content (AvgIpc) is 3.57. The highest BCUT2D eigenvalue weighted by atomic mass is 32.7. The number of nitrogens with one attached hydrogen (secondary N) is 2. The average molecular weight is 667 g/mol. The fraction of sp³-hybridized carbons (Fsp3) is 0.550. The fourth-order valence-corrected chi connectivity index (χ4v) is 8.16. The number of aromatic amines is 1. The maximum Gasteiger partial charge on any atom is 0.386 e. The lowest BCUT2D eigenvalue weighted by Gasteiger charge is -2.27. The summed E-state index contributed by atoms with van der Waals surface area (Å²) >= 11 is 8.09. The van der Waals surface area contributed by atoms with Gasteiger partial charge < -0.3 is 25.4 Å². The largest absolute Gasteiger partial charge is 0.387 e. The smallest absolute Gasteiger partial charge is 0.386 e. The lowest BCUT2D eigenvalue weighted by Crippen LogP contribution is -2.35. The van der Waals surface area contributed by atoms with Gasteiger partial charge in [-0.15, -0.1) is 0 Å². The number of thiol groups is 2. The van der Waals surface area contributed by atoms with Crippen LogP contribution in [0.1, 0.15) is 12.6 Å². The molecule has 2 saturated heterocycles. The van der Waals surface area contributed by atoms with Gasteiger partial charge in [0, 0.05) is 12.1 Å². The first kappa shape index (κ1) is 29.9. The number of nitrogen functional groups attached to an aromatic ring is 1. The van der Waals surface area contributed by atoms with Crippen LogP contribution in [0, 0.1) is 5.92 Å². The normalized spacial score (nSPS) is 39.2. The molecule has 3 aliphatic rings. The van der Waals surface area contributed by atoms with Crippen molar-refractivity contribution < 1.29 is 41.5 Å². The van der Waals surface area contributed by atoms with Gasteiger partial charge >= 0.3 is 13.6 Å². The molecule has 2 bridgehead atoms. The van der Waals surface area contributed by atoms with E-state index in [-0.39, 0.29) is 23.5 Å². The Bertz CT molecular complexity index is 1620. The number of nitrogens with two attached hydrogens (primary N) is 1. The maximum atomic E-state index is 15.6. The minimum Gasteiger partial charge on any atom is -0.387 e. The van der Waals surface area contributed by atoms with Gasteiger partial charge in [-0.1, -0.05) is 24.5 Å². The number of aliphatic hydroxyl groups excluding tert-OH is 1. The number of H-pyrrole nitrogens is 1. The third-order valence-electron chi connectivity index (χ3n) is 7.04. The van der Waals surface area contributed by atoms with Crippen LogP contribution in [0.5, 0.6) is 0 Å². The Balaban J connectivity index is 1.29. The Morgan fingerprint density at radius 2 is 1.90 bits per heavy atom. The lowest BCUT2D eigenvalue weighted by atomic mass is 10.1. The Labute approximate surface area is 246 Å². The van der Waals surface area contributed by atoms with Gasteiger partial charge in [0.2, 0.25) is 5.95 Å². The topological polar surface area (TPSA) is 228 Å². The molecule has 0 spiro atoms. The molecule has 1 saturated carbocycles. The predicted molar refractivity (Wildman–Crippen MR) is 150 cm³/mol. The van der Waals surface area contributed by atoms with Gasteiger partial charge in [-0.05, 0) is 12.5 Å². The molecule has 3 fully saturated rings. The molecule has 1 aliphatic carbocycles. The number of hydrogen-bond donors (Lipinski definition) is 6. The minimum absolute atomic E-state index is 0.0205. The van der Waals surface area contributed by atoms with E-state index >= 15 is 4.39 Å². The van der Waals surface area contributed by atoms with Gasteiger partial charge in [-0.25, -0.2) is 28.5 Å². The SMILES string of the molecule is Nc1nc2c(ncn2[C@@H]2O[C@@H]3CO[P@](=O)(S)O[C@@H]4[C@@H](CO[P@@](=O)(S)O[C@@H]2[C@@H]3O)C[C@@H](Nc2ccncn2)[C@H]4F)c(=O)[nH]1. The number of halogens is 1. The van der Waals surface area contributed by atoms with E-state index in [2.05, 4.69) is 54.7 Å². The first-order valence-electron chi connectivity index (χ1n) is 12.4. The van der Waals surface area contributed by atoms with Gasteiger partial charge in [0.1, 0.15) is 42.7 Å². The number of aliphatic hydroxyl groups is 1. The summed E-state index contributed by atoms with van der Waals surface area (Å²) < 4.78 is 71.6. The van der Waals surface area contributed by atoms with Gasteiger partial charge in [0.05, 0.1) is 25.6 Å². The molecular formula is C20H25FN8O9P2S2. The predicted octanol–water partition coefficient (Wildman–Crippen LogP) is 1.48. The molecule has 0 aromatic carbocycles. The summed E-state index contributed by atoms with van der Waals surface area (Å²) in [6.07, 6.45) is -4.61. The molecule has 42 heavy (non-hydrogen) atoms. The molecule has 10 atom stereocenters. The molecule has 3 aromatic rings. The Kier molecular flexibility index (Phi) is 8.14. The zero-order valence-electron chi connectivity index (χ0n) is 21.2. The highest BCUT2D eigenvalue weighted by molar-refractivity contribution is 8.44. The number of alkyl halides is 1. The van der Waals surface area contributed by atoms with Crippen molar-refractivity contribution in [3.05, 3.63) is 35.3 Å². The summed E-state index contributed by atoms with van der Waals surface area (Å²) in [6.45, 7) is -9.50. The molecular weight excluding hydrogens is 641 g/mol. The van der Waals surface area contributed by atoms with Crippen molar-refractivity contribution in [3.8, 4) is 0 Å². The van der Waals surface area contributed by atoms with E-state index in [1.165, 1.54) is 23.4 Å². The third kappa shape index (κ3) is 5.97. The molecule has 5 N–H and O–H groups in total. The summed E-state index contributed by atoms with van der Waals surface area (Å²) in [5, 5.41) is 14.0. The minimum atomic E-state index is -4.28. The Hall–Kier alpha value is -2.12. The summed E-state index contributed by atoms with van der Waals surface area (Å²) in [5.41, 5.74) is 4.95. The summed E-state index contributed by atoms with van der Waals surface area (Å²) in [6, 6.07) is 0.685. The van der Waals surface area contributed by atoms with Crippen LogP contribution in [0.4, 0.5) is 16.2 Å². The zero-order valence-corrected chi connectivity index (χ0v) is 24.8. The van der Waals surface area contributed by atoms with Crippen LogP contribution >= 0.6 is 38.1 Å². The van der Waals surface area contributed by atoms with Crippen LogP contribution < -0.4 is 16.6 Å².